The summed E-state index contributed by atoms with van der Waals surface area (Å²) >= 11 is 6.22. The van der Waals surface area contributed by atoms with E-state index in [9.17, 15) is 13.2 Å². The largest absolute Gasteiger partial charge is 0.484 e. The third kappa shape index (κ3) is 5.90. The molecule has 0 aliphatic heterocycles. The van der Waals surface area contributed by atoms with Crippen LogP contribution < -0.4 is 14.4 Å². The van der Waals surface area contributed by atoms with E-state index < -0.39 is 10.0 Å². The summed E-state index contributed by atoms with van der Waals surface area (Å²) in [6.07, 6.45) is 4.13. The van der Waals surface area contributed by atoms with Crippen molar-refractivity contribution in [3.63, 3.8) is 0 Å². The second-order valence-corrected chi connectivity index (χ2v) is 10.7. The molecule has 1 aliphatic carbocycles. The van der Waals surface area contributed by atoms with E-state index in [-0.39, 0.29) is 25.1 Å². The van der Waals surface area contributed by atoms with Gasteiger partial charge in [-0.05, 0) is 66.3 Å². The number of rotatable bonds is 8. The lowest BCUT2D eigenvalue weighted by Crippen LogP contribution is -2.34. The minimum atomic E-state index is -3.54. The number of fused-ring (bicyclic) bond motifs is 1. The van der Waals surface area contributed by atoms with Gasteiger partial charge < -0.3 is 10.1 Å². The number of sulfonamides is 1. The normalized spacial score (nSPS) is 15.3. The van der Waals surface area contributed by atoms with Crippen LogP contribution in [0.25, 0.3) is 0 Å². The van der Waals surface area contributed by atoms with Crippen LogP contribution in [-0.4, -0.2) is 27.2 Å². The summed E-state index contributed by atoms with van der Waals surface area (Å²) in [7, 11) is -3.54. The molecule has 34 heavy (non-hydrogen) atoms. The van der Waals surface area contributed by atoms with E-state index in [1.54, 1.807) is 42.5 Å². The van der Waals surface area contributed by atoms with Crippen molar-refractivity contribution in [2.24, 2.45) is 0 Å². The molecule has 0 heterocycles. The number of aryl methyl sites for hydroxylation is 1. The number of benzene rings is 3. The summed E-state index contributed by atoms with van der Waals surface area (Å²) in [4.78, 5) is 12.5. The Kier molecular flexibility index (Phi) is 7.44. The molecule has 178 valence electrons. The zero-order valence-electron chi connectivity index (χ0n) is 18.9. The van der Waals surface area contributed by atoms with Gasteiger partial charge in [0, 0.05) is 5.02 Å². The topological polar surface area (TPSA) is 75.7 Å². The van der Waals surface area contributed by atoms with Gasteiger partial charge in [0.15, 0.2) is 6.61 Å². The van der Waals surface area contributed by atoms with Gasteiger partial charge in [0.2, 0.25) is 10.0 Å². The Hall–Kier alpha value is -3.03. The number of nitrogens with one attached hydrogen (secondary N) is 1. The standard InChI is InChI=1S/C26H27ClN2O4S/c1-34(31,32)29(17-20-8-3-5-11-24(20)27)21-13-15-22(16-14-21)33-18-26(30)28-25-12-6-9-19-7-2-4-10-23(19)25/h2-5,7-8,10-11,13-16,25H,6,9,12,17-18H2,1H3,(H,28,30)/t25-/m0/s1. The predicted octanol–water partition coefficient (Wildman–Crippen LogP) is 4.88. The third-order valence-corrected chi connectivity index (χ3v) is 7.38. The molecule has 0 saturated heterocycles. The molecule has 1 aliphatic rings. The molecule has 0 saturated carbocycles. The maximum Gasteiger partial charge on any atom is 0.258 e. The zero-order chi connectivity index (χ0) is 24.1. The molecule has 1 atom stereocenters. The number of carbonyl (C=O) groups excluding carboxylic acids is 1. The third-order valence-electron chi connectivity index (χ3n) is 5.87. The van der Waals surface area contributed by atoms with Crippen molar-refractivity contribution in [1.82, 2.24) is 5.32 Å². The van der Waals surface area contributed by atoms with Crippen LogP contribution in [0.2, 0.25) is 5.02 Å². The summed E-state index contributed by atoms with van der Waals surface area (Å²) in [5, 5.41) is 3.57. The summed E-state index contributed by atoms with van der Waals surface area (Å²) in [5.74, 6) is 0.288. The Balaban J connectivity index is 1.38. The maximum atomic E-state index is 12.5. The molecular formula is C26H27ClN2O4S. The van der Waals surface area contributed by atoms with Gasteiger partial charge in [-0.3, -0.25) is 9.10 Å². The van der Waals surface area contributed by atoms with Crippen LogP contribution >= 0.6 is 11.6 Å². The highest BCUT2D eigenvalue weighted by atomic mass is 35.5. The molecule has 3 aromatic rings. The van der Waals surface area contributed by atoms with Gasteiger partial charge >= 0.3 is 0 Å². The first-order valence-electron chi connectivity index (χ1n) is 11.1. The molecule has 1 N–H and O–H groups in total. The molecule has 6 nitrogen and oxygen atoms in total. The van der Waals surface area contributed by atoms with Gasteiger partial charge in [-0.15, -0.1) is 0 Å². The lowest BCUT2D eigenvalue weighted by Gasteiger charge is -2.26. The summed E-state index contributed by atoms with van der Waals surface area (Å²) in [5.41, 5.74) is 3.64. The number of amides is 1. The number of hydrogen-bond donors (Lipinski definition) is 1. The number of ether oxygens (including phenoxy) is 1. The minimum Gasteiger partial charge on any atom is -0.484 e. The van der Waals surface area contributed by atoms with E-state index in [4.69, 9.17) is 16.3 Å². The molecule has 0 unspecified atom stereocenters. The molecule has 3 aromatic carbocycles. The van der Waals surface area contributed by atoms with E-state index in [1.165, 1.54) is 15.4 Å². The molecular weight excluding hydrogens is 472 g/mol. The molecule has 1 amide bonds. The summed E-state index contributed by atoms with van der Waals surface area (Å²) in [6, 6.07) is 21.9. The Morgan fingerprint density at radius 1 is 1.06 bits per heavy atom. The van der Waals surface area contributed by atoms with Gasteiger partial charge in [0.1, 0.15) is 5.75 Å². The fraction of sp³-hybridized carbons (Fsp3) is 0.269. The second-order valence-electron chi connectivity index (χ2n) is 8.35. The minimum absolute atomic E-state index is 0.00319. The van der Waals surface area contributed by atoms with Crippen LogP contribution in [-0.2, 0) is 27.8 Å². The molecule has 0 aromatic heterocycles. The smallest absolute Gasteiger partial charge is 0.258 e. The van der Waals surface area contributed by atoms with Crippen LogP contribution in [0.1, 0.15) is 35.6 Å². The van der Waals surface area contributed by atoms with E-state index in [0.29, 0.717) is 22.0 Å². The van der Waals surface area contributed by atoms with Crippen molar-refractivity contribution >= 4 is 33.2 Å². The average molecular weight is 499 g/mol. The van der Waals surface area contributed by atoms with E-state index in [1.807, 2.05) is 18.2 Å². The van der Waals surface area contributed by atoms with Crippen LogP contribution in [0.5, 0.6) is 5.75 Å². The quantitative estimate of drug-likeness (QED) is 0.480. The second kappa shape index (κ2) is 10.5. The lowest BCUT2D eigenvalue weighted by atomic mass is 9.88. The van der Waals surface area contributed by atoms with Gasteiger partial charge in [-0.2, -0.15) is 0 Å². The van der Waals surface area contributed by atoms with Crippen LogP contribution in [0.15, 0.2) is 72.8 Å². The van der Waals surface area contributed by atoms with Crippen LogP contribution in [0.4, 0.5) is 5.69 Å². The molecule has 8 heteroatoms. The predicted molar refractivity (Wildman–Crippen MR) is 135 cm³/mol. The van der Waals surface area contributed by atoms with Crippen molar-refractivity contribution in [3.05, 3.63) is 94.5 Å². The molecule has 0 bridgehead atoms. The molecule has 0 spiro atoms. The lowest BCUT2D eigenvalue weighted by molar-refractivity contribution is -0.123. The first-order chi connectivity index (χ1) is 16.3. The van der Waals surface area contributed by atoms with Gasteiger partial charge in [0.05, 0.1) is 24.5 Å². The maximum absolute atomic E-state index is 12.5. The Bertz CT molecular complexity index is 1260. The van der Waals surface area contributed by atoms with Gasteiger partial charge in [0.25, 0.3) is 5.91 Å². The molecule has 4 rings (SSSR count). The summed E-state index contributed by atoms with van der Waals surface area (Å²) in [6.45, 7) is -0.00257. The van der Waals surface area contributed by atoms with Crippen molar-refractivity contribution in [2.45, 2.75) is 31.8 Å². The van der Waals surface area contributed by atoms with Gasteiger partial charge in [-0.1, -0.05) is 54.1 Å². The highest BCUT2D eigenvalue weighted by Gasteiger charge is 2.22. The SMILES string of the molecule is CS(=O)(=O)N(Cc1ccccc1Cl)c1ccc(OCC(=O)N[C@H]2CCCc3ccccc32)cc1. The fourth-order valence-electron chi connectivity index (χ4n) is 4.18. The average Bonchev–Trinajstić information content (AvgIpc) is 2.82. The Morgan fingerprint density at radius 3 is 2.50 bits per heavy atom. The van der Waals surface area contributed by atoms with Crippen molar-refractivity contribution in [2.75, 3.05) is 17.2 Å². The Morgan fingerprint density at radius 2 is 1.76 bits per heavy atom. The molecule has 0 radical (unpaired) electrons. The number of halogens is 1. The van der Waals surface area contributed by atoms with Crippen LogP contribution in [0, 0.1) is 0 Å². The van der Waals surface area contributed by atoms with Crippen molar-refractivity contribution in [3.8, 4) is 5.75 Å². The number of anilines is 1. The van der Waals surface area contributed by atoms with Crippen molar-refractivity contribution < 1.29 is 17.9 Å². The number of hydrogen-bond acceptors (Lipinski definition) is 4. The monoisotopic (exact) mass is 498 g/mol. The zero-order valence-corrected chi connectivity index (χ0v) is 20.5. The van der Waals surface area contributed by atoms with E-state index >= 15 is 0 Å². The highest BCUT2D eigenvalue weighted by Crippen LogP contribution is 2.29. The Labute approximate surface area is 205 Å². The summed E-state index contributed by atoms with van der Waals surface area (Å²) < 4.78 is 31.8. The van der Waals surface area contributed by atoms with Crippen LogP contribution in [0.3, 0.4) is 0 Å². The fourth-order valence-corrected chi connectivity index (χ4v) is 5.25. The highest BCUT2D eigenvalue weighted by molar-refractivity contribution is 7.92. The van der Waals surface area contributed by atoms with Gasteiger partial charge in [-0.25, -0.2) is 8.42 Å². The van der Waals surface area contributed by atoms with E-state index in [2.05, 4.69) is 17.4 Å². The number of carbonyl (C=O) groups is 1. The first kappa shape index (κ1) is 24.1. The van der Waals surface area contributed by atoms with E-state index in [0.717, 1.165) is 25.5 Å². The van der Waals surface area contributed by atoms with Crippen molar-refractivity contribution in [1.29, 1.82) is 0 Å². The first-order valence-corrected chi connectivity index (χ1v) is 13.3. The number of nitrogens with zero attached hydrogens (tertiary/aromatic N) is 1. The molecule has 0 fully saturated rings.